The van der Waals surface area contributed by atoms with Crippen LogP contribution in [0, 0.1) is 6.92 Å². The number of rotatable bonds is 7. The minimum absolute atomic E-state index is 0.151. The summed E-state index contributed by atoms with van der Waals surface area (Å²) >= 11 is 0. The van der Waals surface area contributed by atoms with E-state index in [1.165, 1.54) is 11.1 Å². The molecule has 0 amide bonds. The van der Waals surface area contributed by atoms with Crippen molar-refractivity contribution in [1.82, 2.24) is 9.78 Å². The summed E-state index contributed by atoms with van der Waals surface area (Å²) in [7, 11) is 0. The van der Waals surface area contributed by atoms with Gasteiger partial charge in [-0.15, -0.1) is 0 Å². The highest BCUT2D eigenvalue weighted by Gasteiger charge is 2.39. The first-order valence-electron chi connectivity index (χ1n) is 11.8. The van der Waals surface area contributed by atoms with Crippen LogP contribution in [0.15, 0.2) is 60.7 Å². The first-order chi connectivity index (χ1) is 15.3. The predicted molar refractivity (Wildman–Crippen MR) is 131 cm³/mol. The van der Waals surface area contributed by atoms with Gasteiger partial charge in [0.05, 0.1) is 22.8 Å². The Morgan fingerprint density at radius 2 is 1.66 bits per heavy atom. The molecule has 0 fully saturated rings. The predicted octanol–water partition coefficient (Wildman–Crippen LogP) is 6.81. The Kier molecular flexibility index (Phi) is 5.98. The third-order valence-corrected chi connectivity index (χ3v) is 7.37. The van der Waals surface area contributed by atoms with Crippen LogP contribution in [0.4, 0.5) is 5.82 Å². The lowest BCUT2D eigenvalue weighted by molar-refractivity contribution is 0.0944. The number of nitrogens with one attached hydrogen (secondary N) is 1. The van der Waals surface area contributed by atoms with E-state index in [0.29, 0.717) is 6.42 Å². The van der Waals surface area contributed by atoms with Crippen molar-refractivity contribution in [1.29, 1.82) is 0 Å². The van der Waals surface area contributed by atoms with Gasteiger partial charge in [0.25, 0.3) is 0 Å². The molecule has 2 aromatic carbocycles. The van der Waals surface area contributed by atoms with Crippen LogP contribution in [0.5, 0.6) is 0 Å². The van der Waals surface area contributed by atoms with Gasteiger partial charge in [0.15, 0.2) is 5.78 Å². The van der Waals surface area contributed by atoms with Crippen molar-refractivity contribution in [2.75, 3.05) is 5.32 Å². The SMILES string of the molecule is CCC(CC)(CC(=O)c1c(C)nn2c1NC(c1ccccc1)CC2(C)C)c1ccccc1. The lowest BCUT2D eigenvalue weighted by Crippen LogP contribution is -2.38. The summed E-state index contributed by atoms with van der Waals surface area (Å²) in [5, 5.41) is 8.52. The van der Waals surface area contributed by atoms with Crippen LogP contribution in [0.1, 0.15) is 86.6 Å². The van der Waals surface area contributed by atoms with Crippen molar-refractivity contribution in [3.63, 3.8) is 0 Å². The van der Waals surface area contributed by atoms with E-state index in [2.05, 4.69) is 81.5 Å². The number of anilines is 1. The third kappa shape index (κ3) is 3.87. The molecule has 1 atom stereocenters. The normalized spacial score (nSPS) is 17.5. The van der Waals surface area contributed by atoms with Crippen LogP contribution >= 0.6 is 0 Å². The number of hydrogen-bond acceptors (Lipinski definition) is 3. The Morgan fingerprint density at radius 3 is 2.25 bits per heavy atom. The lowest BCUT2D eigenvalue weighted by Gasteiger charge is -2.38. The van der Waals surface area contributed by atoms with E-state index in [9.17, 15) is 4.79 Å². The fourth-order valence-corrected chi connectivity index (χ4v) is 5.32. The van der Waals surface area contributed by atoms with Gasteiger partial charge in [-0.3, -0.25) is 4.79 Å². The number of Topliss-reactive ketones (excluding diaryl/α,β-unsaturated/α-hetero) is 1. The number of aromatic nitrogens is 2. The van der Waals surface area contributed by atoms with Crippen LogP contribution in [-0.2, 0) is 11.0 Å². The second-order valence-corrected chi connectivity index (χ2v) is 9.80. The van der Waals surface area contributed by atoms with Crippen molar-refractivity contribution in [2.45, 2.75) is 77.3 Å². The van der Waals surface area contributed by atoms with Crippen molar-refractivity contribution in [3.8, 4) is 0 Å². The number of hydrogen-bond donors (Lipinski definition) is 1. The Morgan fingerprint density at radius 1 is 1.06 bits per heavy atom. The van der Waals surface area contributed by atoms with Crippen molar-refractivity contribution in [2.24, 2.45) is 0 Å². The first kappa shape index (κ1) is 22.3. The summed E-state index contributed by atoms with van der Waals surface area (Å²) in [4.78, 5) is 13.9. The maximum Gasteiger partial charge on any atom is 0.169 e. The van der Waals surface area contributed by atoms with Gasteiger partial charge in [0.1, 0.15) is 5.82 Å². The smallest absolute Gasteiger partial charge is 0.169 e. The molecule has 32 heavy (non-hydrogen) atoms. The quantitative estimate of drug-likeness (QED) is 0.419. The average molecular weight is 430 g/mol. The summed E-state index contributed by atoms with van der Waals surface area (Å²) in [5.74, 6) is 1.04. The number of carbonyl (C=O) groups is 1. The molecule has 0 spiro atoms. The zero-order chi connectivity index (χ0) is 22.9. The molecule has 168 valence electrons. The monoisotopic (exact) mass is 429 g/mol. The molecule has 0 saturated carbocycles. The molecule has 3 aromatic rings. The maximum absolute atomic E-state index is 13.9. The average Bonchev–Trinajstić information content (AvgIpc) is 3.15. The number of aryl methyl sites for hydroxylation is 1. The zero-order valence-corrected chi connectivity index (χ0v) is 20.0. The molecular formula is C28H35N3O. The number of carbonyl (C=O) groups excluding carboxylic acids is 1. The molecule has 1 N–H and O–H groups in total. The molecule has 0 radical (unpaired) electrons. The Bertz CT molecular complexity index is 1080. The summed E-state index contributed by atoms with van der Waals surface area (Å²) in [6.07, 6.45) is 3.25. The van der Waals surface area contributed by atoms with Gasteiger partial charge in [-0.2, -0.15) is 5.10 Å². The van der Waals surface area contributed by atoms with E-state index in [1.54, 1.807) is 0 Å². The molecule has 2 heterocycles. The molecular weight excluding hydrogens is 394 g/mol. The molecule has 0 aliphatic carbocycles. The van der Waals surface area contributed by atoms with Crippen molar-refractivity contribution < 1.29 is 4.79 Å². The number of benzene rings is 2. The molecule has 0 saturated heterocycles. The molecule has 1 aliphatic rings. The summed E-state index contributed by atoms with van der Waals surface area (Å²) in [6, 6.07) is 21.1. The molecule has 0 bridgehead atoms. The summed E-state index contributed by atoms with van der Waals surface area (Å²) < 4.78 is 2.04. The van der Waals surface area contributed by atoms with E-state index in [1.807, 2.05) is 23.7 Å². The van der Waals surface area contributed by atoms with Crippen LogP contribution < -0.4 is 5.32 Å². The molecule has 4 nitrogen and oxygen atoms in total. The molecule has 1 aliphatic heterocycles. The van der Waals surface area contributed by atoms with Gasteiger partial charge in [0, 0.05) is 11.8 Å². The molecule has 4 rings (SSSR count). The van der Waals surface area contributed by atoms with Crippen LogP contribution in [0.25, 0.3) is 0 Å². The largest absolute Gasteiger partial charge is 0.363 e. The van der Waals surface area contributed by atoms with Crippen molar-refractivity contribution >= 4 is 11.6 Å². The third-order valence-electron chi connectivity index (χ3n) is 7.37. The van der Waals surface area contributed by atoms with E-state index < -0.39 is 0 Å². The number of ketones is 1. The fourth-order valence-electron chi connectivity index (χ4n) is 5.32. The van der Waals surface area contributed by atoms with E-state index in [-0.39, 0.29) is 22.8 Å². The standard InChI is InChI=1S/C28H35N3O/c1-6-28(7-2,22-16-12-9-13-17-22)19-24(32)25-20(3)30-31-26(25)29-23(18-27(31,4)5)21-14-10-8-11-15-21/h8-17,23,29H,6-7,18-19H2,1-5H3. The van der Waals surface area contributed by atoms with Gasteiger partial charge in [-0.25, -0.2) is 4.68 Å². The highest BCUT2D eigenvalue weighted by Crippen LogP contribution is 2.43. The summed E-state index contributed by atoms with van der Waals surface area (Å²) in [6.45, 7) is 10.8. The Balaban J connectivity index is 1.73. The van der Waals surface area contributed by atoms with Gasteiger partial charge in [-0.1, -0.05) is 74.5 Å². The highest BCUT2D eigenvalue weighted by molar-refractivity contribution is 6.02. The van der Waals surface area contributed by atoms with Crippen LogP contribution in [-0.4, -0.2) is 15.6 Å². The van der Waals surface area contributed by atoms with Crippen LogP contribution in [0.3, 0.4) is 0 Å². The summed E-state index contributed by atoms with van der Waals surface area (Å²) in [5.41, 5.74) is 3.70. The van der Waals surface area contributed by atoms with E-state index in [0.717, 1.165) is 36.3 Å². The maximum atomic E-state index is 13.9. The molecule has 4 heteroatoms. The minimum atomic E-state index is -0.184. The second kappa shape index (κ2) is 8.57. The topological polar surface area (TPSA) is 46.9 Å². The Labute approximate surface area is 192 Å². The van der Waals surface area contributed by atoms with Gasteiger partial charge in [-0.05, 0) is 51.2 Å². The number of nitrogens with zero attached hydrogens (tertiary/aromatic N) is 2. The number of fused-ring (bicyclic) bond motifs is 1. The molecule has 1 unspecified atom stereocenters. The molecule has 1 aromatic heterocycles. The van der Waals surface area contributed by atoms with Gasteiger partial charge in [0.2, 0.25) is 0 Å². The lowest BCUT2D eigenvalue weighted by atomic mass is 9.71. The first-order valence-corrected chi connectivity index (χ1v) is 11.8. The van der Waals surface area contributed by atoms with Gasteiger partial charge < -0.3 is 5.32 Å². The fraction of sp³-hybridized carbons (Fsp3) is 0.429. The van der Waals surface area contributed by atoms with Crippen molar-refractivity contribution in [3.05, 3.63) is 83.0 Å². The highest BCUT2D eigenvalue weighted by atomic mass is 16.1. The van der Waals surface area contributed by atoms with Gasteiger partial charge >= 0.3 is 0 Å². The van der Waals surface area contributed by atoms with E-state index >= 15 is 0 Å². The zero-order valence-electron chi connectivity index (χ0n) is 20.0. The van der Waals surface area contributed by atoms with Crippen LogP contribution in [0.2, 0.25) is 0 Å². The Hall–Kier alpha value is -2.88. The minimum Gasteiger partial charge on any atom is -0.363 e. The van der Waals surface area contributed by atoms with E-state index in [4.69, 9.17) is 5.10 Å². The second-order valence-electron chi connectivity index (χ2n) is 9.80.